The highest BCUT2D eigenvalue weighted by molar-refractivity contribution is 5.92. The first-order chi connectivity index (χ1) is 15.7. The summed E-state index contributed by atoms with van der Waals surface area (Å²) >= 11 is 0. The number of hydrogen-bond acceptors (Lipinski definition) is 7. The number of aromatic nitrogens is 3. The molecule has 8 heteroatoms. The normalized spacial score (nSPS) is 12.5. The monoisotopic (exact) mass is 443 g/mol. The number of primary amides is 1. The maximum atomic E-state index is 11.9. The van der Waals surface area contributed by atoms with Crippen LogP contribution in [0.1, 0.15) is 28.2 Å². The van der Waals surface area contributed by atoms with E-state index in [1.54, 1.807) is 30.5 Å². The SMILES string of the molecule is Cc1ccc(-c2cc(C(N)=O)nc(-c3cccc(C#CC(O)(C=O)CCN(C)C)c3)n2)cn1. The lowest BCUT2D eigenvalue weighted by Crippen LogP contribution is -2.33. The number of carbonyl (C=O) groups is 2. The van der Waals surface area contributed by atoms with Crippen LogP contribution in [0.25, 0.3) is 22.6 Å². The largest absolute Gasteiger partial charge is 0.371 e. The molecule has 33 heavy (non-hydrogen) atoms. The number of pyridine rings is 1. The van der Waals surface area contributed by atoms with Gasteiger partial charge in [-0.15, -0.1) is 0 Å². The molecule has 0 saturated heterocycles. The van der Waals surface area contributed by atoms with Gasteiger partial charge in [-0.1, -0.05) is 24.0 Å². The zero-order chi connectivity index (χ0) is 24.0. The van der Waals surface area contributed by atoms with Gasteiger partial charge in [0, 0.05) is 41.5 Å². The van der Waals surface area contributed by atoms with Crippen LogP contribution >= 0.6 is 0 Å². The van der Waals surface area contributed by atoms with E-state index in [0.29, 0.717) is 35.5 Å². The first-order valence-electron chi connectivity index (χ1n) is 10.3. The van der Waals surface area contributed by atoms with E-state index in [0.717, 1.165) is 11.3 Å². The fraction of sp³-hybridized carbons (Fsp3) is 0.240. The number of nitrogens with two attached hydrogens (primary N) is 1. The molecular weight excluding hydrogens is 418 g/mol. The molecule has 0 aliphatic heterocycles. The molecule has 1 unspecified atom stereocenters. The molecule has 1 aromatic carbocycles. The average Bonchev–Trinajstić information content (AvgIpc) is 2.82. The fourth-order valence-corrected chi connectivity index (χ4v) is 2.93. The van der Waals surface area contributed by atoms with Crippen molar-refractivity contribution in [2.75, 3.05) is 20.6 Å². The first-order valence-corrected chi connectivity index (χ1v) is 10.3. The van der Waals surface area contributed by atoms with Gasteiger partial charge in [0.15, 0.2) is 17.7 Å². The van der Waals surface area contributed by atoms with Crippen molar-refractivity contribution in [1.29, 1.82) is 0 Å². The molecule has 0 bridgehead atoms. The van der Waals surface area contributed by atoms with Crippen LogP contribution in [-0.2, 0) is 4.79 Å². The molecule has 3 aromatic rings. The van der Waals surface area contributed by atoms with Crippen molar-refractivity contribution in [3.63, 3.8) is 0 Å². The Bertz CT molecular complexity index is 1230. The zero-order valence-corrected chi connectivity index (χ0v) is 18.7. The lowest BCUT2D eigenvalue weighted by atomic mass is 10.0. The standard InChI is InChI=1S/C25H25N5O3/c1-17-7-8-20(15-27-17)21-14-22(23(26)32)29-24(28-21)19-6-4-5-18(13-19)9-10-25(33,16-31)11-12-30(2)3/h4-8,13-16,33H,11-12H2,1-3H3,(H2,26,32). The molecule has 3 rings (SSSR count). The van der Waals surface area contributed by atoms with Crippen LogP contribution in [0.2, 0.25) is 0 Å². The minimum Gasteiger partial charge on any atom is -0.371 e. The van der Waals surface area contributed by atoms with E-state index in [1.165, 1.54) is 6.07 Å². The summed E-state index contributed by atoms with van der Waals surface area (Å²) in [5, 5.41) is 10.4. The second-order valence-corrected chi connectivity index (χ2v) is 7.94. The van der Waals surface area contributed by atoms with Crippen LogP contribution in [0, 0.1) is 18.8 Å². The van der Waals surface area contributed by atoms with Gasteiger partial charge in [0.05, 0.1) is 5.69 Å². The predicted molar refractivity (Wildman–Crippen MR) is 125 cm³/mol. The molecule has 8 nitrogen and oxygen atoms in total. The van der Waals surface area contributed by atoms with E-state index in [2.05, 4.69) is 26.8 Å². The quantitative estimate of drug-likeness (QED) is 0.422. The topological polar surface area (TPSA) is 122 Å². The summed E-state index contributed by atoms with van der Waals surface area (Å²) in [6, 6.07) is 12.2. The number of aliphatic hydroxyl groups is 1. The molecule has 0 saturated carbocycles. The van der Waals surface area contributed by atoms with Crippen molar-refractivity contribution in [3.8, 4) is 34.5 Å². The summed E-state index contributed by atoms with van der Waals surface area (Å²) in [6.45, 7) is 2.39. The smallest absolute Gasteiger partial charge is 0.267 e. The number of aldehydes is 1. The van der Waals surface area contributed by atoms with Crippen molar-refractivity contribution in [2.45, 2.75) is 18.9 Å². The minimum atomic E-state index is -1.74. The zero-order valence-electron chi connectivity index (χ0n) is 18.7. The Labute approximate surface area is 192 Å². The van der Waals surface area contributed by atoms with Gasteiger partial charge in [-0.3, -0.25) is 14.6 Å². The summed E-state index contributed by atoms with van der Waals surface area (Å²) in [5.74, 6) is 5.13. The van der Waals surface area contributed by atoms with Gasteiger partial charge in [0.25, 0.3) is 5.91 Å². The highest BCUT2D eigenvalue weighted by Crippen LogP contribution is 2.23. The Morgan fingerprint density at radius 1 is 1.18 bits per heavy atom. The number of rotatable bonds is 7. The van der Waals surface area contributed by atoms with Crippen molar-refractivity contribution < 1.29 is 14.7 Å². The molecule has 1 atom stereocenters. The van der Waals surface area contributed by atoms with Crippen molar-refractivity contribution >= 4 is 12.2 Å². The Morgan fingerprint density at radius 2 is 1.97 bits per heavy atom. The second-order valence-electron chi connectivity index (χ2n) is 7.94. The summed E-state index contributed by atoms with van der Waals surface area (Å²) < 4.78 is 0. The van der Waals surface area contributed by atoms with Crippen LogP contribution < -0.4 is 5.73 Å². The van der Waals surface area contributed by atoms with E-state index in [9.17, 15) is 14.7 Å². The Balaban J connectivity index is 1.99. The minimum absolute atomic E-state index is 0.0751. The lowest BCUT2D eigenvalue weighted by molar-refractivity contribution is -0.119. The Hall–Kier alpha value is -3.93. The molecule has 1 amide bonds. The summed E-state index contributed by atoms with van der Waals surface area (Å²) in [5.41, 5.74) is 7.08. The van der Waals surface area contributed by atoms with Crippen LogP contribution in [0.15, 0.2) is 48.7 Å². The molecular formula is C25H25N5O3. The third kappa shape index (κ3) is 6.29. The van der Waals surface area contributed by atoms with Gasteiger partial charge < -0.3 is 15.7 Å². The molecule has 0 spiro atoms. The lowest BCUT2D eigenvalue weighted by Gasteiger charge is -2.17. The van der Waals surface area contributed by atoms with Crippen LogP contribution in [0.5, 0.6) is 0 Å². The van der Waals surface area contributed by atoms with E-state index in [-0.39, 0.29) is 12.1 Å². The van der Waals surface area contributed by atoms with Gasteiger partial charge in [-0.25, -0.2) is 9.97 Å². The van der Waals surface area contributed by atoms with Gasteiger partial charge in [0.1, 0.15) is 5.69 Å². The van der Waals surface area contributed by atoms with Crippen LogP contribution in [-0.4, -0.2) is 63.4 Å². The average molecular weight is 444 g/mol. The molecule has 2 heterocycles. The number of benzene rings is 1. The maximum absolute atomic E-state index is 11.9. The van der Waals surface area contributed by atoms with Crippen molar-refractivity contribution in [1.82, 2.24) is 19.9 Å². The Morgan fingerprint density at radius 3 is 2.61 bits per heavy atom. The number of nitrogens with zero attached hydrogens (tertiary/aromatic N) is 4. The number of amides is 1. The summed E-state index contributed by atoms with van der Waals surface area (Å²) in [6.07, 6.45) is 2.31. The van der Waals surface area contributed by atoms with Gasteiger partial charge in [-0.05, 0) is 51.4 Å². The number of aryl methyl sites for hydroxylation is 1. The maximum Gasteiger partial charge on any atom is 0.267 e. The van der Waals surface area contributed by atoms with Crippen LogP contribution in [0.4, 0.5) is 0 Å². The van der Waals surface area contributed by atoms with E-state index < -0.39 is 11.5 Å². The molecule has 3 N–H and O–H groups in total. The van der Waals surface area contributed by atoms with Gasteiger partial charge in [-0.2, -0.15) is 0 Å². The first kappa shape index (κ1) is 23.7. The van der Waals surface area contributed by atoms with Crippen molar-refractivity contribution in [2.24, 2.45) is 5.73 Å². The summed E-state index contributed by atoms with van der Waals surface area (Å²) in [7, 11) is 3.70. The highest BCUT2D eigenvalue weighted by Gasteiger charge is 2.23. The summed E-state index contributed by atoms with van der Waals surface area (Å²) in [4.78, 5) is 38.3. The molecule has 0 aliphatic carbocycles. The van der Waals surface area contributed by atoms with Gasteiger partial charge in [0.2, 0.25) is 0 Å². The third-order valence-corrected chi connectivity index (χ3v) is 4.86. The molecule has 0 radical (unpaired) electrons. The number of hydrogen-bond donors (Lipinski definition) is 2. The third-order valence-electron chi connectivity index (χ3n) is 4.86. The molecule has 2 aromatic heterocycles. The van der Waals surface area contributed by atoms with E-state index in [1.807, 2.05) is 38.1 Å². The number of carbonyl (C=O) groups excluding carboxylic acids is 2. The van der Waals surface area contributed by atoms with E-state index in [4.69, 9.17) is 5.73 Å². The molecule has 168 valence electrons. The van der Waals surface area contributed by atoms with E-state index >= 15 is 0 Å². The van der Waals surface area contributed by atoms with Crippen LogP contribution in [0.3, 0.4) is 0 Å². The predicted octanol–water partition coefficient (Wildman–Crippen LogP) is 1.85. The molecule has 0 aliphatic rings. The Kier molecular flexibility index (Phi) is 7.28. The van der Waals surface area contributed by atoms with Crippen molar-refractivity contribution in [3.05, 3.63) is 65.6 Å². The highest BCUT2D eigenvalue weighted by atomic mass is 16.3. The van der Waals surface area contributed by atoms with Gasteiger partial charge >= 0.3 is 0 Å². The molecule has 0 fully saturated rings. The second kappa shape index (κ2) is 10.1. The fourth-order valence-electron chi connectivity index (χ4n) is 2.93.